The molecule has 2 aromatic carbocycles. The second-order valence-electron chi connectivity index (χ2n) is 8.32. The van der Waals surface area contributed by atoms with Crippen LogP contribution in [0.3, 0.4) is 0 Å². The van der Waals surface area contributed by atoms with E-state index in [0.29, 0.717) is 49.4 Å². The summed E-state index contributed by atoms with van der Waals surface area (Å²) in [5, 5.41) is 16.6. The number of carbonyl (C=O) groups is 1. The van der Waals surface area contributed by atoms with Gasteiger partial charge in [0.2, 0.25) is 10.0 Å². The highest BCUT2D eigenvalue weighted by molar-refractivity contribution is 7.89. The molecule has 1 heterocycles. The number of nitrogens with two attached hydrogens (primary N) is 1. The predicted molar refractivity (Wildman–Crippen MR) is 145 cm³/mol. The predicted octanol–water partition coefficient (Wildman–Crippen LogP) is 2.46. The monoisotopic (exact) mass is 558 g/mol. The van der Waals surface area contributed by atoms with E-state index in [9.17, 15) is 13.2 Å². The molecule has 0 atom stereocenters. The lowest BCUT2D eigenvalue weighted by atomic mass is 10.1. The molecule has 0 aliphatic carbocycles. The van der Waals surface area contributed by atoms with Crippen molar-refractivity contribution in [3.05, 3.63) is 59.4 Å². The summed E-state index contributed by atoms with van der Waals surface area (Å²) in [5.74, 6) is -0.186. The van der Waals surface area contributed by atoms with E-state index in [0.717, 1.165) is 11.1 Å². The van der Waals surface area contributed by atoms with Crippen molar-refractivity contribution >= 4 is 57.7 Å². The topological polar surface area (TPSA) is 154 Å². The van der Waals surface area contributed by atoms with Crippen molar-refractivity contribution in [1.82, 2.24) is 19.2 Å². The molecule has 0 radical (unpaired) electrons. The molecule has 3 rings (SSSR count). The molecule has 0 spiro atoms. The number of sulfonamides is 1. The fourth-order valence-electron chi connectivity index (χ4n) is 3.57. The van der Waals surface area contributed by atoms with Crippen LogP contribution in [0.25, 0.3) is 11.0 Å². The van der Waals surface area contributed by atoms with Gasteiger partial charge in [0.15, 0.2) is 0 Å². The first-order valence-electron chi connectivity index (χ1n) is 10.9. The fourth-order valence-corrected chi connectivity index (χ4v) is 4.61. The number of aryl methyl sites for hydroxylation is 1. The number of nitrogens with zero attached hydrogens (tertiary/aromatic N) is 3. The van der Waals surface area contributed by atoms with Crippen LogP contribution in [0.1, 0.15) is 29.8 Å². The van der Waals surface area contributed by atoms with Crippen LogP contribution >= 0.6 is 24.8 Å². The molecule has 0 bridgehead atoms. The van der Waals surface area contributed by atoms with E-state index in [1.807, 2.05) is 35.7 Å². The van der Waals surface area contributed by atoms with Crippen LogP contribution in [0.2, 0.25) is 0 Å². The third-order valence-corrected chi connectivity index (χ3v) is 6.82. The largest absolute Gasteiger partial charge is 0.481 e. The van der Waals surface area contributed by atoms with Gasteiger partial charge in [0.1, 0.15) is 11.7 Å². The molecule has 0 fully saturated rings. The van der Waals surface area contributed by atoms with E-state index in [-0.39, 0.29) is 42.0 Å². The molecule has 1 aromatic heterocycles. The number of fused-ring (bicyclic) bond motifs is 1. The molecule has 5 N–H and O–H groups in total. The number of hydrogen-bond donors (Lipinski definition) is 4. The number of imidazole rings is 1. The van der Waals surface area contributed by atoms with Gasteiger partial charge in [0.25, 0.3) is 0 Å². The molecule has 0 saturated carbocycles. The lowest BCUT2D eigenvalue weighted by molar-refractivity contribution is -0.137. The number of nitrogen functional groups attached to an aromatic ring is 1. The number of rotatable bonds is 12. The number of aromatic nitrogens is 2. The molecule has 3 aromatic rings. The average Bonchev–Trinajstić information content (AvgIpc) is 3.09. The Kier molecular flexibility index (Phi) is 11.8. The molecule has 0 amide bonds. The summed E-state index contributed by atoms with van der Waals surface area (Å²) in [6, 6.07) is 12.1. The van der Waals surface area contributed by atoms with Crippen LogP contribution in [-0.2, 0) is 27.8 Å². The molecule has 13 heteroatoms. The Bertz CT molecular complexity index is 1290. The standard InChI is InChI=1S/C23H30N6O4S.2ClH/c1-28(2)13-11-26-34(32,33)18-9-10-20-19(15-18)27-21(29(20)12-3-4-22(30)31)14-16-5-7-17(8-6-16)23(24)25;;/h5-10,15,26H,3-4,11-14H2,1-2H3,(H3,24,25)(H,30,31);2*1H. The summed E-state index contributed by atoms with van der Waals surface area (Å²) >= 11 is 0. The van der Waals surface area contributed by atoms with Gasteiger partial charge in [0, 0.05) is 38.0 Å². The third-order valence-electron chi connectivity index (χ3n) is 5.36. The number of nitrogens with one attached hydrogen (secondary N) is 2. The number of amidine groups is 1. The lowest BCUT2D eigenvalue weighted by Crippen LogP contribution is -2.31. The number of aliphatic carboxylic acids is 1. The first-order chi connectivity index (χ1) is 16.1. The number of hydrogen-bond acceptors (Lipinski definition) is 6. The molecule has 0 aliphatic heterocycles. The maximum absolute atomic E-state index is 12.7. The van der Waals surface area contributed by atoms with Gasteiger partial charge < -0.3 is 20.3 Å². The Balaban J connectivity index is 0.00000324. The van der Waals surface area contributed by atoms with Gasteiger partial charge in [-0.2, -0.15) is 0 Å². The van der Waals surface area contributed by atoms with E-state index in [1.165, 1.54) is 0 Å². The van der Waals surface area contributed by atoms with Gasteiger partial charge in [0.05, 0.1) is 15.9 Å². The van der Waals surface area contributed by atoms with Gasteiger partial charge in [-0.15, -0.1) is 24.8 Å². The Morgan fingerprint density at radius 2 is 1.83 bits per heavy atom. The number of benzene rings is 2. The second-order valence-corrected chi connectivity index (χ2v) is 10.1. The van der Waals surface area contributed by atoms with Crippen molar-refractivity contribution in [3.63, 3.8) is 0 Å². The third kappa shape index (κ3) is 8.17. The average molecular weight is 560 g/mol. The summed E-state index contributed by atoms with van der Waals surface area (Å²) < 4.78 is 30.0. The van der Waals surface area contributed by atoms with Crippen LogP contribution in [0.5, 0.6) is 0 Å². The summed E-state index contributed by atoms with van der Waals surface area (Å²) in [4.78, 5) is 17.7. The minimum Gasteiger partial charge on any atom is -0.481 e. The zero-order valence-electron chi connectivity index (χ0n) is 20.1. The molecule has 0 unspecified atom stereocenters. The van der Waals surface area contributed by atoms with E-state index >= 15 is 0 Å². The smallest absolute Gasteiger partial charge is 0.303 e. The minimum absolute atomic E-state index is 0. The zero-order chi connectivity index (χ0) is 24.9. The number of carboxylic acids is 1. The summed E-state index contributed by atoms with van der Waals surface area (Å²) in [7, 11) is 0.0486. The van der Waals surface area contributed by atoms with Gasteiger partial charge >= 0.3 is 5.97 Å². The van der Waals surface area contributed by atoms with Crippen LogP contribution < -0.4 is 10.5 Å². The van der Waals surface area contributed by atoms with Crippen molar-refractivity contribution in [2.45, 2.75) is 30.7 Å². The molecule has 0 aliphatic rings. The number of likely N-dealkylation sites (N-methyl/N-ethyl adjacent to an activating group) is 1. The molecular weight excluding hydrogens is 527 g/mol. The zero-order valence-corrected chi connectivity index (χ0v) is 22.5. The Morgan fingerprint density at radius 1 is 1.17 bits per heavy atom. The van der Waals surface area contributed by atoms with E-state index in [4.69, 9.17) is 21.2 Å². The van der Waals surface area contributed by atoms with Gasteiger partial charge in [-0.05, 0) is 44.3 Å². The van der Waals surface area contributed by atoms with Crippen molar-refractivity contribution in [2.75, 3.05) is 27.2 Å². The quantitative estimate of drug-likeness (QED) is 0.196. The number of halogens is 2. The van der Waals surface area contributed by atoms with Crippen LogP contribution in [-0.4, -0.2) is 67.0 Å². The molecule has 0 saturated heterocycles. The normalized spacial score (nSPS) is 11.2. The van der Waals surface area contributed by atoms with Crippen LogP contribution in [0.4, 0.5) is 0 Å². The van der Waals surface area contributed by atoms with Gasteiger partial charge in [-0.3, -0.25) is 10.2 Å². The van der Waals surface area contributed by atoms with E-state index in [2.05, 4.69) is 4.72 Å². The van der Waals surface area contributed by atoms with Crippen LogP contribution in [0, 0.1) is 5.41 Å². The molecular formula is C23H32Cl2N6O4S. The summed E-state index contributed by atoms with van der Waals surface area (Å²) in [6.07, 6.45) is 0.904. The highest BCUT2D eigenvalue weighted by atomic mass is 35.5. The maximum atomic E-state index is 12.7. The lowest BCUT2D eigenvalue weighted by Gasteiger charge is -2.11. The Labute approximate surface area is 223 Å². The highest BCUT2D eigenvalue weighted by Gasteiger charge is 2.18. The second kappa shape index (κ2) is 13.6. The van der Waals surface area contributed by atoms with Crippen molar-refractivity contribution < 1.29 is 18.3 Å². The number of carboxylic acid groups (broad SMARTS) is 1. The molecule has 36 heavy (non-hydrogen) atoms. The highest BCUT2D eigenvalue weighted by Crippen LogP contribution is 2.23. The molecule has 10 nitrogen and oxygen atoms in total. The summed E-state index contributed by atoms with van der Waals surface area (Å²) in [6.45, 7) is 1.31. The molecule has 198 valence electrons. The van der Waals surface area contributed by atoms with Crippen molar-refractivity contribution in [3.8, 4) is 0 Å². The van der Waals surface area contributed by atoms with Gasteiger partial charge in [-0.1, -0.05) is 24.3 Å². The maximum Gasteiger partial charge on any atom is 0.303 e. The van der Waals surface area contributed by atoms with E-state index in [1.54, 1.807) is 30.3 Å². The van der Waals surface area contributed by atoms with Gasteiger partial charge in [-0.25, -0.2) is 18.1 Å². The minimum atomic E-state index is -3.69. The van der Waals surface area contributed by atoms with Crippen molar-refractivity contribution in [2.24, 2.45) is 5.73 Å². The van der Waals surface area contributed by atoms with Crippen molar-refractivity contribution in [1.29, 1.82) is 5.41 Å². The van der Waals surface area contributed by atoms with E-state index < -0.39 is 16.0 Å². The Morgan fingerprint density at radius 3 is 2.42 bits per heavy atom. The summed E-state index contributed by atoms with van der Waals surface area (Å²) in [5.41, 5.74) is 8.36. The first kappa shape index (κ1) is 31.3. The fraction of sp³-hybridized carbons (Fsp3) is 0.348. The van der Waals surface area contributed by atoms with Crippen LogP contribution in [0.15, 0.2) is 47.4 Å². The Hall–Kier alpha value is -2.70. The SMILES string of the molecule is CN(C)CCNS(=O)(=O)c1ccc2c(c1)nc(Cc1ccc(C(=N)N)cc1)n2CCCC(=O)O.Cl.Cl. The first-order valence-corrected chi connectivity index (χ1v) is 12.3.